The Morgan fingerprint density at radius 1 is 1.23 bits per heavy atom. The molecular formula is C15H10F4N2S. The highest BCUT2D eigenvalue weighted by molar-refractivity contribution is 7.99. The summed E-state index contributed by atoms with van der Waals surface area (Å²) in [5, 5.41) is 9.06. The van der Waals surface area contributed by atoms with E-state index in [1.807, 2.05) is 0 Å². The van der Waals surface area contributed by atoms with Gasteiger partial charge in [-0.1, -0.05) is 6.92 Å². The molecule has 2 rings (SSSR count). The number of thioether (sulfide) groups is 1. The molecule has 0 atom stereocenters. The van der Waals surface area contributed by atoms with Crippen molar-refractivity contribution < 1.29 is 17.6 Å². The second-order valence-electron chi connectivity index (χ2n) is 4.28. The van der Waals surface area contributed by atoms with Crippen LogP contribution in [-0.4, -0.2) is 10.7 Å². The molecular weight excluding hydrogens is 316 g/mol. The third-order valence-corrected chi connectivity index (χ3v) is 3.68. The largest absolute Gasteiger partial charge is 0.417 e. The van der Waals surface area contributed by atoms with Gasteiger partial charge in [-0.3, -0.25) is 0 Å². The van der Waals surface area contributed by atoms with Gasteiger partial charge in [-0.25, -0.2) is 9.37 Å². The molecule has 0 N–H and O–H groups in total. The van der Waals surface area contributed by atoms with Crippen LogP contribution in [0.25, 0.3) is 11.3 Å². The molecule has 22 heavy (non-hydrogen) atoms. The fourth-order valence-corrected chi connectivity index (χ4v) is 2.60. The minimum atomic E-state index is -4.66. The van der Waals surface area contributed by atoms with E-state index in [0.29, 0.717) is 11.3 Å². The molecule has 7 heteroatoms. The van der Waals surface area contributed by atoms with Gasteiger partial charge in [-0.05, 0) is 36.1 Å². The number of pyridine rings is 1. The molecule has 1 heterocycles. The van der Waals surface area contributed by atoms with Gasteiger partial charge in [0.1, 0.15) is 16.9 Å². The van der Waals surface area contributed by atoms with Crippen molar-refractivity contribution in [1.29, 1.82) is 5.26 Å². The van der Waals surface area contributed by atoms with Crippen molar-refractivity contribution >= 4 is 11.8 Å². The second-order valence-corrected chi connectivity index (χ2v) is 5.54. The number of nitriles is 1. The summed E-state index contributed by atoms with van der Waals surface area (Å²) in [7, 11) is 0. The quantitative estimate of drug-likeness (QED) is 0.595. The molecule has 0 radical (unpaired) electrons. The number of alkyl halides is 3. The van der Waals surface area contributed by atoms with E-state index in [2.05, 4.69) is 4.98 Å². The van der Waals surface area contributed by atoms with Crippen LogP contribution >= 0.6 is 11.8 Å². The van der Waals surface area contributed by atoms with Crippen LogP contribution in [0.2, 0.25) is 0 Å². The van der Waals surface area contributed by atoms with Gasteiger partial charge in [0.05, 0.1) is 16.8 Å². The molecule has 0 amide bonds. The van der Waals surface area contributed by atoms with E-state index < -0.39 is 23.1 Å². The zero-order valence-electron chi connectivity index (χ0n) is 11.4. The fourth-order valence-electron chi connectivity index (χ4n) is 1.86. The molecule has 0 bridgehead atoms. The summed E-state index contributed by atoms with van der Waals surface area (Å²) < 4.78 is 52.4. The van der Waals surface area contributed by atoms with Gasteiger partial charge >= 0.3 is 6.18 Å². The molecule has 0 aliphatic carbocycles. The van der Waals surface area contributed by atoms with Crippen molar-refractivity contribution in [2.75, 3.05) is 5.75 Å². The first-order chi connectivity index (χ1) is 10.4. The number of aromatic nitrogens is 1. The smallest absolute Gasteiger partial charge is 0.240 e. The molecule has 0 saturated heterocycles. The maximum absolute atomic E-state index is 13.2. The predicted octanol–water partition coefficient (Wildman–Crippen LogP) is 4.89. The zero-order valence-corrected chi connectivity index (χ0v) is 12.2. The Kier molecular flexibility index (Phi) is 4.71. The standard InChI is InChI=1S/C15H10F4N2S/c1-2-22-14-11(8-20)12(15(17,18)19)7-13(21-14)9-3-5-10(16)6-4-9/h3-7H,2H2,1H3. The molecule has 0 aliphatic rings. The number of nitrogens with zero attached hydrogens (tertiary/aromatic N) is 2. The van der Waals surface area contributed by atoms with Crippen molar-refractivity contribution in [2.24, 2.45) is 0 Å². The van der Waals surface area contributed by atoms with E-state index in [4.69, 9.17) is 5.26 Å². The summed E-state index contributed by atoms with van der Waals surface area (Å²) in [5.41, 5.74) is -1.10. The van der Waals surface area contributed by atoms with Crippen molar-refractivity contribution in [3.63, 3.8) is 0 Å². The van der Waals surface area contributed by atoms with Crippen LogP contribution < -0.4 is 0 Å². The second kappa shape index (κ2) is 6.36. The monoisotopic (exact) mass is 326 g/mol. The first-order valence-electron chi connectivity index (χ1n) is 6.28. The normalized spacial score (nSPS) is 11.3. The Morgan fingerprint density at radius 3 is 2.36 bits per heavy atom. The molecule has 0 unspecified atom stereocenters. The molecule has 0 spiro atoms. The topological polar surface area (TPSA) is 36.7 Å². The Bertz CT molecular complexity index is 718. The van der Waals surface area contributed by atoms with Crippen LogP contribution in [0.15, 0.2) is 35.4 Å². The lowest BCUT2D eigenvalue weighted by atomic mass is 10.1. The van der Waals surface area contributed by atoms with Gasteiger partial charge in [0.15, 0.2) is 0 Å². The van der Waals surface area contributed by atoms with Crippen molar-refractivity contribution in [2.45, 2.75) is 18.1 Å². The summed E-state index contributed by atoms with van der Waals surface area (Å²) in [6, 6.07) is 7.40. The van der Waals surface area contributed by atoms with Crippen LogP contribution in [0.3, 0.4) is 0 Å². The lowest BCUT2D eigenvalue weighted by Crippen LogP contribution is -2.10. The third-order valence-electron chi connectivity index (χ3n) is 2.82. The number of benzene rings is 1. The van der Waals surface area contributed by atoms with Crippen molar-refractivity contribution in [3.05, 3.63) is 47.3 Å². The number of hydrogen-bond acceptors (Lipinski definition) is 3. The van der Waals surface area contributed by atoms with E-state index in [-0.39, 0.29) is 10.7 Å². The summed E-state index contributed by atoms with van der Waals surface area (Å²) >= 11 is 1.06. The Hall–Kier alpha value is -2.07. The Balaban J connectivity index is 2.68. The number of halogens is 4. The highest BCUT2D eigenvalue weighted by Crippen LogP contribution is 2.37. The van der Waals surface area contributed by atoms with Crippen molar-refractivity contribution in [3.8, 4) is 17.3 Å². The summed E-state index contributed by atoms with van der Waals surface area (Å²) in [6.45, 7) is 1.76. The summed E-state index contributed by atoms with van der Waals surface area (Å²) in [5.74, 6) is -0.0112. The molecule has 0 aliphatic heterocycles. The van der Waals surface area contributed by atoms with Crippen LogP contribution in [0.1, 0.15) is 18.1 Å². The van der Waals surface area contributed by atoms with E-state index in [1.54, 1.807) is 13.0 Å². The highest BCUT2D eigenvalue weighted by Gasteiger charge is 2.36. The minimum absolute atomic E-state index is 0.0270. The third kappa shape index (κ3) is 3.39. The van der Waals surface area contributed by atoms with Crippen molar-refractivity contribution in [1.82, 2.24) is 4.98 Å². The maximum atomic E-state index is 13.2. The first-order valence-corrected chi connectivity index (χ1v) is 7.26. The molecule has 2 aromatic rings. The molecule has 1 aromatic heterocycles. The van der Waals surface area contributed by atoms with Gasteiger partial charge in [-0.2, -0.15) is 18.4 Å². The Morgan fingerprint density at radius 2 is 1.86 bits per heavy atom. The molecule has 2 nitrogen and oxygen atoms in total. The first kappa shape index (κ1) is 16.3. The van der Waals surface area contributed by atoms with Gasteiger partial charge in [0.2, 0.25) is 0 Å². The lowest BCUT2D eigenvalue weighted by Gasteiger charge is -2.13. The number of hydrogen-bond donors (Lipinski definition) is 0. The predicted molar refractivity (Wildman–Crippen MR) is 75.7 cm³/mol. The molecule has 0 saturated carbocycles. The SMILES string of the molecule is CCSc1nc(-c2ccc(F)cc2)cc(C(F)(F)F)c1C#N. The van der Waals surface area contributed by atoms with Crippen LogP contribution in [0, 0.1) is 17.1 Å². The Labute approximate surface area is 128 Å². The van der Waals surface area contributed by atoms with E-state index in [9.17, 15) is 17.6 Å². The number of rotatable bonds is 3. The molecule has 114 valence electrons. The van der Waals surface area contributed by atoms with Gasteiger partial charge < -0.3 is 0 Å². The van der Waals surface area contributed by atoms with Gasteiger partial charge in [0.25, 0.3) is 0 Å². The molecule has 0 fully saturated rings. The fraction of sp³-hybridized carbons (Fsp3) is 0.200. The summed E-state index contributed by atoms with van der Waals surface area (Å²) in [4.78, 5) is 4.13. The summed E-state index contributed by atoms with van der Waals surface area (Å²) in [6.07, 6.45) is -4.66. The van der Waals surface area contributed by atoms with E-state index in [0.717, 1.165) is 30.0 Å². The van der Waals surface area contributed by atoms with E-state index in [1.165, 1.54) is 12.1 Å². The van der Waals surface area contributed by atoms with Gasteiger partial charge in [-0.15, -0.1) is 11.8 Å². The van der Waals surface area contributed by atoms with Crippen LogP contribution in [0.4, 0.5) is 17.6 Å². The lowest BCUT2D eigenvalue weighted by molar-refractivity contribution is -0.138. The maximum Gasteiger partial charge on any atom is 0.417 e. The van der Waals surface area contributed by atoms with Gasteiger partial charge in [0, 0.05) is 5.56 Å². The average molecular weight is 326 g/mol. The minimum Gasteiger partial charge on any atom is -0.240 e. The highest BCUT2D eigenvalue weighted by atomic mass is 32.2. The van der Waals surface area contributed by atoms with E-state index >= 15 is 0 Å². The molecule has 1 aromatic carbocycles. The van der Waals surface area contributed by atoms with Crippen LogP contribution in [-0.2, 0) is 6.18 Å². The average Bonchev–Trinajstić information content (AvgIpc) is 2.46. The van der Waals surface area contributed by atoms with Crippen LogP contribution in [0.5, 0.6) is 0 Å². The zero-order chi connectivity index (χ0) is 16.3.